The van der Waals surface area contributed by atoms with Crippen molar-refractivity contribution in [3.63, 3.8) is 0 Å². The van der Waals surface area contributed by atoms with Crippen molar-refractivity contribution in [2.75, 3.05) is 19.0 Å². The van der Waals surface area contributed by atoms with Gasteiger partial charge in [-0.1, -0.05) is 0 Å². The molecule has 112 valence electrons. The average molecular weight is 281 g/mol. The molecule has 0 aromatic carbocycles. The second-order valence-corrected chi connectivity index (χ2v) is 5.54. The normalized spacial score (nSPS) is 22.8. The van der Waals surface area contributed by atoms with E-state index in [2.05, 4.69) is 10.4 Å². The molecule has 0 unspecified atom stereocenters. The molecule has 0 atom stereocenters. The molecule has 1 aliphatic carbocycles. The van der Waals surface area contributed by atoms with Gasteiger partial charge in [-0.25, -0.2) is 4.68 Å². The molecule has 0 radical (unpaired) electrons. The molecule has 0 saturated heterocycles. The van der Waals surface area contributed by atoms with E-state index in [1.807, 2.05) is 19.0 Å². The van der Waals surface area contributed by atoms with Gasteiger partial charge >= 0.3 is 5.69 Å². The summed E-state index contributed by atoms with van der Waals surface area (Å²) in [5, 5.41) is 18.8. The van der Waals surface area contributed by atoms with E-state index in [4.69, 9.17) is 0 Å². The summed E-state index contributed by atoms with van der Waals surface area (Å²) in [6.07, 6.45) is 4.30. The zero-order valence-electron chi connectivity index (χ0n) is 12.6. The van der Waals surface area contributed by atoms with Gasteiger partial charge in [-0.3, -0.25) is 10.1 Å². The average Bonchev–Trinajstić information content (AvgIpc) is 2.72. The quantitative estimate of drug-likeness (QED) is 0.670. The van der Waals surface area contributed by atoms with Gasteiger partial charge in [0.25, 0.3) is 0 Å². The van der Waals surface area contributed by atoms with E-state index in [9.17, 15) is 10.1 Å². The maximum absolute atomic E-state index is 11.3. The molecule has 20 heavy (non-hydrogen) atoms. The van der Waals surface area contributed by atoms with E-state index in [1.54, 1.807) is 18.7 Å². The molecule has 1 fully saturated rings. The molecule has 1 heterocycles. The van der Waals surface area contributed by atoms with Crippen LogP contribution in [0, 0.1) is 17.0 Å². The van der Waals surface area contributed by atoms with E-state index in [0.29, 0.717) is 23.6 Å². The smallest absolute Gasteiger partial charge is 0.333 e. The number of nitrogens with one attached hydrogen (secondary N) is 1. The molecular weight excluding hydrogens is 258 g/mol. The van der Waals surface area contributed by atoms with E-state index in [-0.39, 0.29) is 10.6 Å². The number of anilines is 1. The lowest BCUT2D eigenvalue weighted by Crippen LogP contribution is -2.40. The third kappa shape index (κ3) is 2.63. The van der Waals surface area contributed by atoms with E-state index in [1.165, 1.54) is 0 Å². The third-order valence-electron chi connectivity index (χ3n) is 4.33. The number of aromatic nitrogens is 2. The zero-order chi connectivity index (χ0) is 14.9. The molecule has 2 rings (SSSR count). The largest absolute Gasteiger partial charge is 0.351 e. The monoisotopic (exact) mass is 281 g/mol. The molecular formula is C13H23N5O2. The highest BCUT2D eigenvalue weighted by Crippen LogP contribution is 2.34. The molecule has 1 N–H and O–H groups in total. The second-order valence-electron chi connectivity index (χ2n) is 5.54. The van der Waals surface area contributed by atoms with E-state index in [0.717, 1.165) is 25.7 Å². The lowest BCUT2D eigenvalue weighted by atomic mass is 9.90. The molecule has 1 aliphatic rings. The predicted molar refractivity (Wildman–Crippen MR) is 78.1 cm³/mol. The summed E-state index contributed by atoms with van der Waals surface area (Å²) < 4.78 is 1.62. The molecule has 0 bridgehead atoms. The van der Waals surface area contributed by atoms with Crippen LogP contribution in [-0.4, -0.2) is 40.9 Å². The third-order valence-corrected chi connectivity index (χ3v) is 4.33. The molecule has 1 aromatic rings. The molecule has 7 heteroatoms. The van der Waals surface area contributed by atoms with Crippen molar-refractivity contribution in [3.8, 4) is 0 Å². The van der Waals surface area contributed by atoms with Gasteiger partial charge in [0.2, 0.25) is 5.82 Å². The van der Waals surface area contributed by atoms with Crippen molar-refractivity contribution in [2.45, 2.75) is 44.7 Å². The van der Waals surface area contributed by atoms with Gasteiger partial charge in [0, 0.05) is 26.2 Å². The fraction of sp³-hybridized carbons (Fsp3) is 0.769. The van der Waals surface area contributed by atoms with Crippen molar-refractivity contribution < 1.29 is 4.92 Å². The van der Waals surface area contributed by atoms with Crippen molar-refractivity contribution >= 4 is 11.5 Å². The van der Waals surface area contributed by atoms with Crippen molar-refractivity contribution in [2.24, 2.45) is 7.05 Å². The summed E-state index contributed by atoms with van der Waals surface area (Å²) in [5.74, 6) is 0.611. The lowest BCUT2D eigenvalue weighted by Gasteiger charge is -2.35. The van der Waals surface area contributed by atoms with Crippen LogP contribution in [0.4, 0.5) is 11.5 Å². The SMILES string of the molecule is CNC1CCC(N(C)c2c([N+](=O)[O-])c(C)nn2C)CC1. The summed E-state index contributed by atoms with van der Waals surface area (Å²) in [6, 6.07) is 0.913. The Kier molecular flexibility index (Phi) is 4.27. The minimum absolute atomic E-state index is 0.130. The van der Waals surface area contributed by atoms with Crippen LogP contribution in [0.25, 0.3) is 0 Å². The van der Waals surface area contributed by atoms with Gasteiger partial charge in [0.15, 0.2) is 0 Å². The molecule has 1 aromatic heterocycles. The van der Waals surface area contributed by atoms with Gasteiger partial charge in [0.05, 0.1) is 4.92 Å². The Morgan fingerprint density at radius 1 is 1.40 bits per heavy atom. The highest BCUT2D eigenvalue weighted by atomic mass is 16.6. The summed E-state index contributed by atoms with van der Waals surface area (Å²) in [4.78, 5) is 13.0. The summed E-state index contributed by atoms with van der Waals surface area (Å²) in [7, 11) is 5.70. The van der Waals surface area contributed by atoms with Crippen LogP contribution >= 0.6 is 0 Å². The highest BCUT2D eigenvalue weighted by Gasteiger charge is 2.31. The second kappa shape index (κ2) is 5.78. The van der Waals surface area contributed by atoms with Crippen molar-refractivity contribution in [3.05, 3.63) is 15.8 Å². The van der Waals surface area contributed by atoms with Gasteiger partial charge in [0.1, 0.15) is 5.69 Å². The molecule has 0 amide bonds. The standard InChI is InChI=1S/C13H23N5O2/c1-9-12(18(19)20)13(17(4)15-9)16(3)11-7-5-10(14-2)6-8-11/h10-11,14H,5-8H2,1-4H3. The van der Waals surface area contributed by atoms with Crippen LogP contribution in [0.2, 0.25) is 0 Å². The topological polar surface area (TPSA) is 76.2 Å². The Balaban J connectivity index is 2.21. The summed E-state index contributed by atoms with van der Waals surface area (Å²) >= 11 is 0. The maximum atomic E-state index is 11.3. The van der Waals surface area contributed by atoms with Crippen molar-refractivity contribution in [1.29, 1.82) is 0 Å². The first-order valence-electron chi connectivity index (χ1n) is 7.03. The summed E-state index contributed by atoms with van der Waals surface area (Å²) in [6.45, 7) is 1.69. The molecule has 0 aliphatic heterocycles. The number of hydrogen-bond donors (Lipinski definition) is 1. The maximum Gasteiger partial charge on any atom is 0.333 e. The predicted octanol–water partition coefficient (Wildman–Crippen LogP) is 1.60. The number of nitrogens with zero attached hydrogens (tertiary/aromatic N) is 4. The van der Waals surface area contributed by atoms with Crippen LogP contribution in [0.1, 0.15) is 31.4 Å². The fourth-order valence-corrected chi connectivity index (χ4v) is 3.17. The first-order chi connectivity index (χ1) is 9.45. The number of rotatable bonds is 4. The van der Waals surface area contributed by atoms with Gasteiger partial charge in [-0.05, 0) is 39.7 Å². The van der Waals surface area contributed by atoms with Crippen LogP contribution in [-0.2, 0) is 7.05 Å². The van der Waals surface area contributed by atoms with Crippen LogP contribution in [0.15, 0.2) is 0 Å². The fourth-order valence-electron chi connectivity index (χ4n) is 3.17. The van der Waals surface area contributed by atoms with E-state index < -0.39 is 0 Å². The number of hydrogen-bond acceptors (Lipinski definition) is 5. The van der Waals surface area contributed by atoms with Crippen LogP contribution < -0.4 is 10.2 Å². The van der Waals surface area contributed by atoms with Crippen LogP contribution in [0.3, 0.4) is 0 Å². The Morgan fingerprint density at radius 3 is 2.50 bits per heavy atom. The first kappa shape index (κ1) is 14.8. The minimum Gasteiger partial charge on any atom is -0.351 e. The Labute approximate surface area is 119 Å². The lowest BCUT2D eigenvalue weighted by molar-refractivity contribution is -0.384. The van der Waals surface area contributed by atoms with Gasteiger partial charge in [-0.2, -0.15) is 5.10 Å². The van der Waals surface area contributed by atoms with Gasteiger partial charge in [-0.15, -0.1) is 0 Å². The first-order valence-corrected chi connectivity index (χ1v) is 7.03. The van der Waals surface area contributed by atoms with Gasteiger partial charge < -0.3 is 10.2 Å². The molecule has 0 spiro atoms. The summed E-state index contributed by atoms with van der Waals surface area (Å²) in [5.41, 5.74) is 0.606. The van der Waals surface area contributed by atoms with Crippen LogP contribution in [0.5, 0.6) is 0 Å². The number of aryl methyl sites for hydroxylation is 2. The van der Waals surface area contributed by atoms with Crippen molar-refractivity contribution in [1.82, 2.24) is 15.1 Å². The Morgan fingerprint density at radius 2 is 2.00 bits per heavy atom. The molecule has 7 nitrogen and oxygen atoms in total. The number of nitro groups is 1. The minimum atomic E-state index is -0.326. The zero-order valence-corrected chi connectivity index (χ0v) is 12.6. The highest BCUT2D eigenvalue weighted by molar-refractivity contribution is 5.61. The molecule has 1 saturated carbocycles. The Bertz CT molecular complexity index is 491. The van der Waals surface area contributed by atoms with E-state index >= 15 is 0 Å². The Hall–Kier alpha value is -1.63.